The SMILES string of the molecule is CS(=O)(=O)Nc1ccc(NCCC2=CCCCC2)cn1. The normalized spacial score (nSPS) is 15.6. The predicted octanol–water partition coefficient (Wildman–Crippen LogP) is 2.76. The Balaban J connectivity index is 1.80. The maximum Gasteiger partial charge on any atom is 0.230 e. The largest absolute Gasteiger partial charge is 0.383 e. The highest BCUT2D eigenvalue weighted by molar-refractivity contribution is 7.92. The number of aromatic nitrogens is 1. The average Bonchev–Trinajstić information content (AvgIpc) is 2.40. The molecule has 0 unspecified atom stereocenters. The summed E-state index contributed by atoms with van der Waals surface area (Å²) >= 11 is 0. The smallest absolute Gasteiger partial charge is 0.230 e. The monoisotopic (exact) mass is 295 g/mol. The molecule has 0 spiro atoms. The molecule has 0 saturated heterocycles. The van der Waals surface area contributed by atoms with Crippen LogP contribution in [0.25, 0.3) is 0 Å². The van der Waals surface area contributed by atoms with Gasteiger partial charge in [0, 0.05) is 6.54 Å². The fraction of sp³-hybridized carbons (Fsp3) is 0.500. The van der Waals surface area contributed by atoms with Crippen molar-refractivity contribution >= 4 is 21.5 Å². The molecule has 110 valence electrons. The van der Waals surface area contributed by atoms with Crippen LogP contribution in [-0.2, 0) is 10.0 Å². The van der Waals surface area contributed by atoms with Crippen LogP contribution in [-0.4, -0.2) is 26.2 Å². The molecule has 0 aromatic carbocycles. The van der Waals surface area contributed by atoms with Gasteiger partial charge >= 0.3 is 0 Å². The Morgan fingerprint density at radius 3 is 2.75 bits per heavy atom. The first-order chi connectivity index (χ1) is 9.53. The minimum absolute atomic E-state index is 0.341. The third-order valence-corrected chi connectivity index (χ3v) is 3.79. The summed E-state index contributed by atoms with van der Waals surface area (Å²) < 4.78 is 24.5. The summed E-state index contributed by atoms with van der Waals surface area (Å²) in [6, 6.07) is 3.49. The second-order valence-corrected chi connectivity index (χ2v) is 6.84. The number of nitrogens with one attached hydrogen (secondary N) is 2. The second-order valence-electron chi connectivity index (χ2n) is 5.09. The Labute approximate surface area is 120 Å². The fourth-order valence-electron chi connectivity index (χ4n) is 2.25. The fourth-order valence-corrected chi connectivity index (χ4v) is 2.75. The van der Waals surface area contributed by atoms with Gasteiger partial charge in [-0.25, -0.2) is 13.4 Å². The third-order valence-electron chi connectivity index (χ3n) is 3.21. The molecule has 1 aromatic heterocycles. The van der Waals surface area contributed by atoms with E-state index in [0.29, 0.717) is 5.82 Å². The highest BCUT2D eigenvalue weighted by Crippen LogP contribution is 2.20. The van der Waals surface area contributed by atoms with Crippen molar-refractivity contribution in [2.75, 3.05) is 22.8 Å². The van der Waals surface area contributed by atoms with Crippen molar-refractivity contribution in [1.29, 1.82) is 0 Å². The maximum atomic E-state index is 11.1. The standard InChI is InChI=1S/C14H21N3O2S/c1-20(18,19)17-14-8-7-13(11-16-14)15-10-9-12-5-3-2-4-6-12/h5,7-8,11,15H,2-4,6,9-10H2,1H3,(H,16,17). The molecular formula is C14H21N3O2S. The minimum Gasteiger partial charge on any atom is -0.383 e. The summed E-state index contributed by atoms with van der Waals surface area (Å²) in [7, 11) is -3.26. The Hall–Kier alpha value is -1.56. The van der Waals surface area contributed by atoms with Crippen LogP contribution in [0.2, 0.25) is 0 Å². The van der Waals surface area contributed by atoms with Gasteiger partial charge in [0.25, 0.3) is 0 Å². The quantitative estimate of drug-likeness (QED) is 0.792. The highest BCUT2D eigenvalue weighted by Gasteiger charge is 2.04. The number of anilines is 2. The van der Waals surface area contributed by atoms with Gasteiger partial charge in [0.05, 0.1) is 18.1 Å². The number of hydrogen-bond acceptors (Lipinski definition) is 4. The van der Waals surface area contributed by atoms with E-state index < -0.39 is 10.0 Å². The molecule has 0 atom stereocenters. The van der Waals surface area contributed by atoms with Crippen molar-refractivity contribution < 1.29 is 8.42 Å². The molecule has 0 fully saturated rings. The summed E-state index contributed by atoms with van der Waals surface area (Å²) in [5.74, 6) is 0.341. The molecular weight excluding hydrogens is 274 g/mol. The average molecular weight is 295 g/mol. The van der Waals surface area contributed by atoms with Gasteiger partial charge in [0.1, 0.15) is 5.82 Å². The van der Waals surface area contributed by atoms with Crippen LogP contribution >= 0.6 is 0 Å². The molecule has 0 amide bonds. The van der Waals surface area contributed by atoms with Gasteiger partial charge in [-0.1, -0.05) is 11.6 Å². The first kappa shape index (κ1) is 14.8. The van der Waals surface area contributed by atoms with Crippen LogP contribution in [0, 0.1) is 0 Å². The third kappa shape index (κ3) is 5.21. The van der Waals surface area contributed by atoms with E-state index in [2.05, 4.69) is 21.1 Å². The zero-order chi connectivity index (χ0) is 14.4. The Kier molecular flexibility index (Phi) is 5.00. The van der Waals surface area contributed by atoms with Crippen molar-refractivity contribution in [3.05, 3.63) is 30.0 Å². The van der Waals surface area contributed by atoms with Gasteiger partial charge in [0.15, 0.2) is 0 Å². The number of sulfonamides is 1. The van der Waals surface area contributed by atoms with Gasteiger partial charge in [-0.3, -0.25) is 4.72 Å². The molecule has 0 saturated carbocycles. The van der Waals surface area contributed by atoms with E-state index in [1.54, 1.807) is 12.3 Å². The van der Waals surface area contributed by atoms with Gasteiger partial charge < -0.3 is 5.32 Å². The maximum absolute atomic E-state index is 11.1. The van der Waals surface area contributed by atoms with Crippen LogP contribution in [0.1, 0.15) is 32.1 Å². The van der Waals surface area contributed by atoms with Gasteiger partial charge in [-0.15, -0.1) is 0 Å². The number of hydrogen-bond donors (Lipinski definition) is 2. The lowest BCUT2D eigenvalue weighted by Gasteiger charge is -2.13. The molecule has 1 aliphatic carbocycles. The first-order valence-electron chi connectivity index (χ1n) is 6.88. The van der Waals surface area contributed by atoms with Crippen molar-refractivity contribution in [2.45, 2.75) is 32.1 Å². The first-order valence-corrected chi connectivity index (χ1v) is 8.78. The number of pyridine rings is 1. The van der Waals surface area contributed by atoms with E-state index in [4.69, 9.17) is 0 Å². The molecule has 1 heterocycles. The molecule has 2 rings (SSSR count). The molecule has 1 aromatic rings. The van der Waals surface area contributed by atoms with E-state index in [1.165, 1.54) is 31.3 Å². The molecule has 1 aliphatic rings. The summed E-state index contributed by atoms with van der Waals surface area (Å²) in [5, 5.41) is 3.30. The Morgan fingerprint density at radius 2 is 2.15 bits per heavy atom. The van der Waals surface area contributed by atoms with Crippen molar-refractivity contribution in [3.8, 4) is 0 Å². The van der Waals surface area contributed by atoms with Gasteiger partial charge in [0.2, 0.25) is 10.0 Å². The summed E-state index contributed by atoms with van der Waals surface area (Å²) in [6.07, 6.45) is 11.2. The van der Waals surface area contributed by atoms with E-state index in [0.717, 1.165) is 24.9 Å². The molecule has 0 aliphatic heterocycles. The van der Waals surface area contributed by atoms with Crippen molar-refractivity contribution in [1.82, 2.24) is 4.98 Å². The lowest BCUT2D eigenvalue weighted by molar-refractivity contribution is 0.606. The van der Waals surface area contributed by atoms with E-state index in [-0.39, 0.29) is 0 Å². The Morgan fingerprint density at radius 1 is 1.30 bits per heavy atom. The van der Waals surface area contributed by atoms with Gasteiger partial charge in [-0.2, -0.15) is 0 Å². The zero-order valence-corrected chi connectivity index (χ0v) is 12.5. The van der Waals surface area contributed by atoms with Crippen LogP contribution < -0.4 is 10.0 Å². The van der Waals surface area contributed by atoms with Gasteiger partial charge in [-0.05, 0) is 44.2 Å². The Bertz CT molecular complexity index is 565. The number of allylic oxidation sites excluding steroid dienone is 1. The lowest BCUT2D eigenvalue weighted by atomic mass is 9.97. The zero-order valence-electron chi connectivity index (χ0n) is 11.7. The number of nitrogens with zero attached hydrogens (tertiary/aromatic N) is 1. The summed E-state index contributed by atoms with van der Waals surface area (Å²) in [6.45, 7) is 0.881. The van der Waals surface area contributed by atoms with E-state index in [9.17, 15) is 8.42 Å². The van der Waals surface area contributed by atoms with E-state index >= 15 is 0 Å². The minimum atomic E-state index is -3.26. The predicted molar refractivity (Wildman–Crippen MR) is 82.4 cm³/mol. The molecule has 5 nitrogen and oxygen atoms in total. The number of rotatable bonds is 6. The summed E-state index contributed by atoms with van der Waals surface area (Å²) in [4.78, 5) is 4.06. The van der Waals surface area contributed by atoms with Crippen LogP contribution in [0.5, 0.6) is 0 Å². The molecule has 20 heavy (non-hydrogen) atoms. The summed E-state index contributed by atoms with van der Waals surface area (Å²) in [5.41, 5.74) is 2.44. The van der Waals surface area contributed by atoms with Crippen LogP contribution in [0.4, 0.5) is 11.5 Å². The molecule has 0 radical (unpaired) electrons. The molecule has 2 N–H and O–H groups in total. The van der Waals surface area contributed by atoms with Crippen LogP contribution in [0.3, 0.4) is 0 Å². The second kappa shape index (κ2) is 6.74. The van der Waals surface area contributed by atoms with Crippen LogP contribution in [0.15, 0.2) is 30.0 Å². The van der Waals surface area contributed by atoms with Crippen molar-refractivity contribution in [2.24, 2.45) is 0 Å². The highest BCUT2D eigenvalue weighted by atomic mass is 32.2. The van der Waals surface area contributed by atoms with E-state index in [1.807, 2.05) is 6.07 Å². The van der Waals surface area contributed by atoms with Crippen molar-refractivity contribution in [3.63, 3.8) is 0 Å². The topological polar surface area (TPSA) is 71.1 Å². The lowest BCUT2D eigenvalue weighted by Crippen LogP contribution is -2.11. The molecule has 0 bridgehead atoms. The molecule has 6 heteroatoms.